The summed E-state index contributed by atoms with van der Waals surface area (Å²) in [6.07, 6.45) is 5.60. The Labute approximate surface area is 190 Å². The molecule has 3 aliphatic rings. The zero-order chi connectivity index (χ0) is 22.6. The number of nitrogens with one attached hydrogen (secondary N) is 1. The molecule has 9 nitrogen and oxygen atoms in total. The van der Waals surface area contributed by atoms with E-state index < -0.39 is 10.0 Å². The van der Waals surface area contributed by atoms with Gasteiger partial charge in [0, 0.05) is 44.0 Å². The van der Waals surface area contributed by atoms with E-state index in [1.165, 1.54) is 18.6 Å². The summed E-state index contributed by atoms with van der Waals surface area (Å²) in [4.78, 5) is 17.9. The molecule has 4 rings (SSSR count). The number of amides is 1. The second-order valence-corrected chi connectivity index (χ2v) is 10.5. The van der Waals surface area contributed by atoms with Crippen LogP contribution in [0, 0.1) is 0 Å². The van der Waals surface area contributed by atoms with Gasteiger partial charge in [-0.05, 0) is 31.0 Å². The normalized spacial score (nSPS) is 22.5. The Hall–Kier alpha value is -1.72. The summed E-state index contributed by atoms with van der Waals surface area (Å²) in [5.41, 5.74) is 0.975. The number of ether oxygens (including phenoxy) is 2. The molecule has 2 heterocycles. The summed E-state index contributed by atoms with van der Waals surface area (Å²) < 4.78 is 34.9. The highest BCUT2D eigenvalue weighted by molar-refractivity contribution is 7.89. The number of nitrogens with zero attached hydrogens (tertiary/aromatic N) is 2. The van der Waals surface area contributed by atoms with E-state index in [2.05, 4.69) is 15.1 Å². The molecular weight excluding hydrogens is 432 g/mol. The number of benzene rings is 1. The summed E-state index contributed by atoms with van der Waals surface area (Å²) >= 11 is 0. The first-order valence-electron chi connectivity index (χ1n) is 11.5. The van der Waals surface area contributed by atoms with Crippen LogP contribution in [0.5, 0.6) is 0 Å². The number of hydrogen-bond donors (Lipinski definition) is 2. The third-order valence-electron chi connectivity index (χ3n) is 6.94. The van der Waals surface area contributed by atoms with Crippen LogP contribution in [0.1, 0.15) is 42.5 Å². The predicted octanol–water partition coefficient (Wildman–Crippen LogP) is 0.936. The van der Waals surface area contributed by atoms with Gasteiger partial charge in [0.1, 0.15) is 0 Å². The van der Waals surface area contributed by atoms with Crippen molar-refractivity contribution in [2.24, 2.45) is 5.14 Å². The molecule has 1 amide bonds. The van der Waals surface area contributed by atoms with E-state index >= 15 is 0 Å². The minimum atomic E-state index is -3.92. The molecule has 3 N–H and O–H groups in total. The lowest BCUT2D eigenvalue weighted by molar-refractivity contribution is -0.0361. The Morgan fingerprint density at radius 1 is 1.00 bits per heavy atom. The smallest absolute Gasteiger partial charge is 0.253 e. The van der Waals surface area contributed by atoms with Gasteiger partial charge in [-0.25, -0.2) is 13.6 Å². The molecule has 0 aromatic heterocycles. The fraction of sp³-hybridized carbons (Fsp3) is 0.682. The molecule has 2 saturated heterocycles. The molecule has 1 aliphatic carbocycles. The van der Waals surface area contributed by atoms with Crippen LogP contribution in [0.2, 0.25) is 0 Å². The molecule has 32 heavy (non-hydrogen) atoms. The zero-order valence-electron chi connectivity index (χ0n) is 18.6. The molecule has 3 fully saturated rings. The van der Waals surface area contributed by atoms with Crippen molar-refractivity contribution < 1.29 is 22.7 Å². The van der Waals surface area contributed by atoms with Crippen molar-refractivity contribution in [1.29, 1.82) is 0 Å². The third-order valence-corrected chi connectivity index (χ3v) is 7.85. The van der Waals surface area contributed by atoms with Crippen molar-refractivity contribution in [2.45, 2.75) is 42.5 Å². The first-order chi connectivity index (χ1) is 15.4. The molecule has 178 valence electrons. The van der Waals surface area contributed by atoms with E-state index in [1.807, 2.05) is 0 Å². The lowest BCUT2D eigenvalue weighted by atomic mass is 9.79. The van der Waals surface area contributed by atoms with Gasteiger partial charge < -0.3 is 19.7 Å². The molecule has 0 radical (unpaired) electrons. The van der Waals surface area contributed by atoms with Gasteiger partial charge in [-0.15, -0.1) is 0 Å². The monoisotopic (exact) mass is 466 g/mol. The second kappa shape index (κ2) is 10.0. The summed E-state index contributed by atoms with van der Waals surface area (Å²) in [5, 5.41) is 8.50. The average Bonchev–Trinajstić information content (AvgIpc) is 2.83. The maximum absolute atomic E-state index is 13.4. The number of carbonyl (C=O) groups excluding carboxylic acids is 1. The number of sulfonamides is 1. The van der Waals surface area contributed by atoms with E-state index in [4.69, 9.17) is 14.6 Å². The van der Waals surface area contributed by atoms with E-state index in [1.54, 1.807) is 6.07 Å². The summed E-state index contributed by atoms with van der Waals surface area (Å²) in [6.45, 7) is 6.13. The molecule has 1 aromatic rings. The maximum Gasteiger partial charge on any atom is 0.253 e. The molecule has 2 aliphatic heterocycles. The first-order valence-corrected chi connectivity index (χ1v) is 13.0. The van der Waals surface area contributed by atoms with E-state index in [9.17, 15) is 13.2 Å². The summed E-state index contributed by atoms with van der Waals surface area (Å²) in [7, 11) is -3.92. The highest BCUT2D eigenvalue weighted by atomic mass is 32.2. The average molecular weight is 467 g/mol. The molecule has 0 unspecified atom stereocenters. The number of anilines is 1. The molecule has 0 spiro atoms. The zero-order valence-corrected chi connectivity index (χ0v) is 19.4. The summed E-state index contributed by atoms with van der Waals surface area (Å²) in [5.74, 6) is -0.268. The van der Waals surface area contributed by atoms with Crippen LogP contribution in [-0.2, 0) is 19.5 Å². The lowest BCUT2D eigenvalue weighted by Gasteiger charge is -2.48. The van der Waals surface area contributed by atoms with Gasteiger partial charge >= 0.3 is 0 Å². The lowest BCUT2D eigenvalue weighted by Crippen LogP contribution is -2.59. The number of carbonyl (C=O) groups is 1. The number of rotatable bonds is 6. The Morgan fingerprint density at radius 2 is 1.62 bits per heavy atom. The number of morpholine rings is 2. The van der Waals surface area contributed by atoms with Crippen LogP contribution in [0.15, 0.2) is 23.1 Å². The Bertz CT molecular complexity index is 905. The third kappa shape index (κ3) is 5.26. The largest absolute Gasteiger partial charge is 0.379 e. The van der Waals surface area contributed by atoms with Crippen LogP contribution in [-0.4, -0.2) is 83.9 Å². The van der Waals surface area contributed by atoms with Crippen molar-refractivity contribution in [3.63, 3.8) is 0 Å². The van der Waals surface area contributed by atoms with Crippen molar-refractivity contribution >= 4 is 21.6 Å². The van der Waals surface area contributed by atoms with Gasteiger partial charge in [0.25, 0.3) is 5.91 Å². The van der Waals surface area contributed by atoms with Crippen LogP contribution < -0.4 is 15.4 Å². The van der Waals surface area contributed by atoms with Gasteiger partial charge in [-0.1, -0.05) is 19.3 Å². The molecular formula is C22H34N4O5S. The SMILES string of the molecule is NS(=O)(=O)c1ccc(N2CCOCC2)c(C(=O)NCC2(N3CCOCC3)CCCCC2)c1. The number of nitrogens with two attached hydrogens (primary N) is 1. The number of primary sulfonamides is 1. The topological polar surface area (TPSA) is 114 Å². The fourth-order valence-corrected chi connectivity index (χ4v) is 5.69. The van der Waals surface area contributed by atoms with E-state index in [0.29, 0.717) is 57.3 Å². The highest BCUT2D eigenvalue weighted by Crippen LogP contribution is 2.34. The van der Waals surface area contributed by atoms with Crippen LogP contribution in [0.25, 0.3) is 0 Å². The Kier molecular flexibility index (Phi) is 7.36. The second-order valence-electron chi connectivity index (χ2n) is 8.89. The summed E-state index contributed by atoms with van der Waals surface area (Å²) in [6, 6.07) is 4.54. The van der Waals surface area contributed by atoms with Crippen molar-refractivity contribution in [3.05, 3.63) is 23.8 Å². The van der Waals surface area contributed by atoms with Gasteiger partial charge in [0.05, 0.1) is 36.9 Å². The van der Waals surface area contributed by atoms with Gasteiger partial charge in [-0.3, -0.25) is 9.69 Å². The molecule has 1 aromatic carbocycles. The quantitative estimate of drug-likeness (QED) is 0.641. The standard InChI is InChI=1S/C22H34N4O5S/c23-32(28,29)18-4-5-20(25-8-12-30-13-9-25)19(16-18)21(27)24-17-22(6-2-1-3-7-22)26-10-14-31-15-11-26/h4-5,16H,1-3,6-15,17H2,(H,24,27)(H2,23,28,29). The minimum Gasteiger partial charge on any atom is -0.379 e. The fourth-order valence-electron chi connectivity index (χ4n) is 5.15. The Morgan fingerprint density at radius 3 is 2.25 bits per heavy atom. The molecule has 0 bridgehead atoms. The molecule has 10 heteroatoms. The van der Waals surface area contributed by atoms with Gasteiger partial charge in [0.2, 0.25) is 10.0 Å². The van der Waals surface area contributed by atoms with Crippen LogP contribution in [0.4, 0.5) is 5.69 Å². The van der Waals surface area contributed by atoms with Crippen molar-refractivity contribution in [3.8, 4) is 0 Å². The maximum atomic E-state index is 13.4. The first kappa shape index (κ1) is 23.4. The van der Waals surface area contributed by atoms with Gasteiger partial charge in [-0.2, -0.15) is 0 Å². The van der Waals surface area contributed by atoms with Crippen LogP contribution >= 0.6 is 0 Å². The van der Waals surface area contributed by atoms with Crippen LogP contribution in [0.3, 0.4) is 0 Å². The van der Waals surface area contributed by atoms with E-state index in [0.717, 1.165) is 38.8 Å². The Balaban J connectivity index is 1.57. The highest BCUT2D eigenvalue weighted by Gasteiger charge is 2.39. The van der Waals surface area contributed by atoms with Crippen molar-refractivity contribution in [1.82, 2.24) is 10.2 Å². The molecule has 0 atom stereocenters. The van der Waals surface area contributed by atoms with E-state index in [-0.39, 0.29) is 16.3 Å². The van der Waals surface area contributed by atoms with Gasteiger partial charge in [0.15, 0.2) is 0 Å². The predicted molar refractivity (Wildman–Crippen MR) is 121 cm³/mol. The minimum absolute atomic E-state index is 0.0554. The number of hydrogen-bond acceptors (Lipinski definition) is 7. The molecule has 1 saturated carbocycles. The van der Waals surface area contributed by atoms with Crippen molar-refractivity contribution in [2.75, 3.05) is 64.1 Å².